The summed E-state index contributed by atoms with van der Waals surface area (Å²) in [4.78, 5) is 14.4. The lowest BCUT2D eigenvalue weighted by Crippen LogP contribution is -2.28. The number of methoxy groups -OCH3 is 2. The summed E-state index contributed by atoms with van der Waals surface area (Å²) in [6.07, 6.45) is 6.38. The van der Waals surface area contributed by atoms with Crippen LogP contribution in [0.5, 0.6) is 11.5 Å². The number of rotatable bonds is 8. The molecular formula is C21H21NO5. The van der Waals surface area contributed by atoms with Crippen molar-refractivity contribution in [3.8, 4) is 11.5 Å². The molecule has 0 bridgehead atoms. The van der Waals surface area contributed by atoms with Gasteiger partial charge in [0.2, 0.25) is 5.91 Å². The normalized spacial score (nSPS) is 10.9. The van der Waals surface area contributed by atoms with Crippen LogP contribution in [0.15, 0.2) is 69.9 Å². The molecule has 3 rings (SSSR count). The van der Waals surface area contributed by atoms with Gasteiger partial charge < -0.3 is 23.2 Å². The Kier molecular flexibility index (Phi) is 5.99. The van der Waals surface area contributed by atoms with E-state index in [0.717, 1.165) is 5.56 Å². The van der Waals surface area contributed by atoms with Crippen LogP contribution in [-0.2, 0) is 17.9 Å². The van der Waals surface area contributed by atoms with Crippen LogP contribution < -0.4 is 9.47 Å². The third kappa shape index (κ3) is 4.82. The van der Waals surface area contributed by atoms with E-state index < -0.39 is 0 Å². The first-order valence-electron chi connectivity index (χ1n) is 8.43. The summed E-state index contributed by atoms with van der Waals surface area (Å²) in [7, 11) is 3.18. The molecule has 0 unspecified atom stereocenters. The molecule has 2 heterocycles. The fourth-order valence-corrected chi connectivity index (χ4v) is 2.63. The van der Waals surface area contributed by atoms with Crippen LogP contribution in [0.2, 0.25) is 0 Å². The first-order chi connectivity index (χ1) is 13.2. The van der Waals surface area contributed by atoms with E-state index in [2.05, 4.69) is 0 Å². The van der Waals surface area contributed by atoms with E-state index in [0.29, 0.717) is 36.1 Å². The highest BCUT2D eigenvalue weighted by Gasteiger charge is 2.15. The highest BCUT2D eigenvalue weighted by Crippen LogP contribution is 2.25. The number of carbonyl (C=O) groups is 1. The van der Waals surface area contributed by atoms with E-state index >= 15 is 0 Å². The number of benzene rings is 1. The maximum absolute atomic E-state index is 12.8. The molecule has 0 saturated carbocycles. The van der Waals surface area contributed by atoms with Crippen molar-refractivity contribution in [3.05, 3.63) is 78.2 Å². The van der Waals surface area contributed by atoms with Crippen LogP contribution in [0, 0.1) is 0 Å². The lowest BCUT2D eigenvalue weighted by Gasteiger charge is -2.19. The number of hydrogen-bond donors (Lipinski definition) is 0. The van der Waals surface area contributed by atoms with E-state index in [4.69, 9.17) is 18.3 Å². The first-order valence-corrected chi connectivity index (χ1v) is 8.43. The van der Waals surface area contributed by atoms with Crippen molar-refractivity contribution in [2.24, 2.45) is 0 Å². The van der Waals surface area contributed by atoms with Gasteiger partial charge in [0.1, 0.15) is 23.0 Å². The zero-order valence-electron chi connectivity index (χ0n) is 15.3. The van der Waals surface area contributed by atoms with Gasteiger partial charge in [0.25, 0.3) is 0 Å². The van der Waals surface area contributed by atoms with E-state index in [-0.39, 0.29) is 5.91 Å². The molecule has 0 aliphatic heterocycles. The molecule has 0 spiro atoms. The smallest absolute Gasteiger partial charge is 0.247 e. The van der Waals surface area contributed by atoms with Gasteiger partial charge in [0.15, 0.2) is 0 Å². The van der Waals surface area contributed by atoms with Crippen molar-refractivity contribution in [1.82, 2.24) is 4.90 Å². The minimum atomic E-state index is -0.173. The molecule has 0 fully saturated rings. The average Bonchev–Trinajstić information content (AvgIpc) is 3.39. The molecule has 0 aliphatic carbocycles. The molecule has 3 aromatic rings. The summed E-state index contributed by atoms with van der Waals surface area (Å²) in [6.45, 7) is 0.679. The Morgan fingerprint density at radius 2 is 1.67 bits per heavy atom. The number of ether oxygens (including phenoxy) is 2. The third-order valence-electron chi connectivity index (χ3n) is 4.01. The molecule has 0 aliphatic rings. The summed E-state index contributed by atoms with van der Waals surface area (Å²) in [5.74, 6) is 2.56. The molecule has 6 nitrogen and oxygen atoms in total. The van der Waals surface area contributed by atoms with Crippen LogP contribution >= 0.6 is 0 Å². The van der Waals surface area contributed by atoms with Gasteiger partial charge in [0, 0.05) is 11.6 Å². The highest BCUT2D eigenvalue weighted by atomic mass is 16.5. The van der Waals surface area contributed by atoms with Gasteiger partial charge in [-0.3, -0.25) is 4.79 Å². The predicted molar refractivity (Wildman–Crippen MR) is 100 cm³/mol. The Bertz CT molecular complexity index is 845. The summed E-state index contributed by atoms with van der Waals surface area (Å²) in [5, 5.41) is 0. The Morgan fingerprint density at radius 3 is 2.19 bits per heavy atom. The van der Waals surface area contributed by atoms with E-state index in [1.165, 1.54) is 6.08 Å². The molecule has 6 heteroatoms. The number of hydrogen-bond acceptors (Lipinski definition) is 5. The number of carbonyl (C=O) groups excluding carboxylic acids is 1. The monoisotopic (exact) mass is 367 g/mol. The maximum Gasteiger partial charge on any atom is 0.247 e. The second kappa shape index (κ2) is 8.80. The Hall–Kier alpha value is -3.41. The summed E-state index contributed by atoms with van der Waals surface area (Å²) in [6, 6.07) is 12.7. The van der Waals surface area contributed by atoms with Gasteiger partial charge in [-0.25, -0.2) is 0 Å². The molecule has 0 N–H and O–H groups in total. The predicted octanol–water partition coefficient (Wildman–Crippen LogP) is 4.13. The van der Waals surface area contributed by atoms with Crippen molar-refractivity contribution in [2.45, 2.75) is 13.1 Å². The number of amides is 1. The summed E-state index contributed by atoms with van der Waals surface area (Å²) >= 11 is 0. The quantitative estimate of drug-likeness (QED) is 0.560. The van der Waals surface area contributed by atoms with Gasteiger partial charge in [-0.15, -0.1) is 0 Å². The van der Waals surface area contributed by atoms with Crippen LogP contribution in [0.3, 0.4) is 0 Å². The molecule has 1 amide bonds. The van der Waals surface area contributed by atoms with E-state index in [1.807, 2.05) is 18.2 Å². The van der Waals surface area contributed by atoms with Crippen LogP contribution in [0.25, 0.3) is 6.08 Å². The van der Waals surface area contributed by atoms with E-state index in [1.54, 1.807) is 62.0 Å². The zero-order valence-corrected chi connectivity index (χ0v) is 15.3. The van der Waals surface area contributed by atoms with Gasteiger partial charge >= 0.3 is 0 Å². The van der Waals surface area contributed by atoms with Gasteiger partial charge in [-0.05, 0) is 48.5 Å². The van der Waals surface area contributed by atoms with Gasteiger partial charge in [-0.2, -0.15) is 0 Å². The van der Waals surface area contributed by atoms with Gasteiger partial charge in [-0.1, -0.05) is 0 Å². The molecular weight excluding hydrogens is 346 g/mol. The second-order valence-corrected chi connectivity index (χ2v) is 5.79. The lowest BCUT2D eigenvalue weighted by atomic mass is 10.1. The molecule has 1 aromatic carbocycles. The Morgan fingerprint density at radius 1 is 1.00 bits per heavy atom. The number of furan rings is 2. The molecule has 2 aromatic heterocycles. The molecule has 0 atom stereocenters. The standard InChI is InChI=1S/C21H21NO5/c1-24-17-8-9-20(25-2)16(13-17)7-10-21(23)22(14-18-5-3-11-26-18)15-19-6-4-12-27-19/h3-13H,14-15H2,1-2H3/b10-7+. The SMILES string of the molecule is COc1ccc(OC)c(/C=C/C(=O)N(Cc2ccco2)Cc2ccco2)c1. The van der Waals surface area contributed by atoms with Gasteiger partial charge in [0.05, 0.1) is 39.8 Å². The highest BCUT2D eigenvalue weighted by molar-refractivity contribution is 5.92. The third-order valence-corrected chi connectivity index (χ3v) is 4.01. The van der Waals surface area contributed by atoms with Crippen molar-refractivity contribution < 1.29 is 23.1 Å². The Labute approximate surface area is 157 Å². The average molecular weight is 367 g/mol. The van der Waals surface area contributed by atoms with Crippen LogP contribution in [0.4, 0.5) is 0 Å². The lowest BCUT2D eigenvalue weighted by molar-refractivity contribution is -0.127. The van der Waals surface area contributed by atoms with Crippen molar-refractivity contribution in [2.75, 3.05) is 14.2 Å². The second-order valence-electron chi connectivity index (χ2n) is 5.79. The van der Waals surface area contributed by atoms with Crippen LogP contribution in [-0.4, -0.2) is 25.0 Å². The Balaban J connectivity index is 1.80. The number of nitrogens with zero attached hydrogens (tertiary/aromatic N) is 1. The molecule has 0 radical (unpaired) electrons. The molecule has 140 valence electrons. The largest absolute Gasteiger partial charge is 0.497 e. The zero-order chi connectivity index (χ0) is 19.1. The summed E-state index contributed by atoms with van der Waals surface area (Å²) < 4.78 is 21.3. The molecule has 0 saturated heterocycles. The maximum atomic E-state index is 12.8. The topological polar surface area (TPSA) is 65.1 Å². The van der Waals surface area contributed by atoms with E-state index in [9.17, 15) is 4.79 Å². The van der Waals surface area contributed by atoms with Crippen molar-refractivity contribution in [1.29, 1.82) is 0 Å². The van der Waals surface area contributed by atoms with Crippen molar-refractivity contribution in [3.63, 3.8) is 0 Å². The van der Waals surface area contributed by atoms with Crippen LogP contribution in [0.1, 0.15) is 17.1 Å². The summed E-state index contributed by atoms with van der Waals surface area (Å²) in [5.41, 5.74) is 0.751. The first kappa shape index (κ1) is 18.4. The minimum Gasteiger partial charge on any atom is -0.497 e. The fourth-order valence-electron chi connectivity index (χ4n) is 2.63. The van der Waals surface area contributed by atoms with Crippen molar-refractivity contribution >= 4 is 12.0 Å². The fraction of sp³-hybridized carbons (Fsp3) is 0.190. The molecule has 27 heavy (non-hydrogen) atoms. The minimum absolute atomic E-state index is 0.173.